The molecule has 0 unspecified atom stereocenters. The molecule has 0 spiro atoms. The van der Waals surface area contributed by atoms with Gasteiger partial charge in [-0.1, -0.05) is 71.9 Å². The molecule has 1 aromatic rings. The molecule has 0 amide bonds. The molecule has 1 heterocycles. The zero-order chi connectivity index (χ0) is 31.4. The first-order valence-corrected chi connectivity index (χ1v) is 20.3. The van der Waals surface area contributed by atoms with Crippen LogP contribution >= 0.6 is 0 Å². The predicted octanol–water partition coefficient (Wildman–Crippen LogP) is 5.01. The number of methoxy groups -OCH3 is 1. The monoisotopic (exact) mass is 614 g/mol. The van der Waals surface area contributed by atoms with E-state index in [1.165, 1.54) is 6.92 Å². The maximum absolute atomic E-state index is 13.1. The summed E-state index contributed by atoms with van der Waals surface area (Å²) in [5.41, 5.74) is 0.984. The Bertz CT molecular complexity index is 957. The number of rotatable bonds is 12. The number of benzene rings is 1. The lowest BCUT2D eigenvalue weighted by Gasteiger charge is -2.52. The maximum atomic E-state index is 13.1. The van der Waals surface area contributed by atoms with Gasteiger partial charge in [0.15, 0.2) is 35.1 Å². The number of aliphatic hydroxyl groups excluding tert-OH is 2. The molecule has 2 N–H and O–H groups in total. The normalized spacial score (nSPS) is 26.0. The third-order valence-corrected chi connectivity index (χ3v) is 17.6. The summed E-state index contributed by atoms with van der Waals surface area (Å²) in [4.78, 5) is 13.1. The number of carbonyl (C=O) groups excluding carboxylic acids is 1. The quantitative estimate of drug-likeness (QED) is 0.248. The number of esters is 1. The van der Waals surface area contributed by atoms with Crippen molar-refractivity contribution in [2.45, 2.75) is 134 Å². The second-order valence-corrected chi connectivity index (χ2v) is 23.6. The fourth-order valence-electron chi connectivity index (χ4n) is 3.91. The average Bonchev–Trinajstić information content (AvgIpc) is 2.85. The predicted molar refractivity (Wildman–Crippen MR) is 163 cm³/mol. The minimum atomic E-state index is -2.47. The Morgan fingerprint density at radius 2 is 1.41 bits per heavy atom. The van der Waals surface area contributed by atoms with Gasteiger partial charge in [0, 0.05) is 7.11 Å². The van der Waals surface area contributed by atoms with Crippen LogP contribution in [0.4, 0.5) is 0 Å². The molecular weight excluding hydrogens is 560 g/mol. The van der Waals surface area contributed by atoms with Crippen LogP contribution in [0.3, 0.4) is 0 Å². The highest BCUT2D eigenvalue weighted by Crippen LogP contribution is 2.43. The molecule has 1 saturated heterocycles. The summed E-state index contributed by atoms with van der Waals surface area (Å²) in [5.74, 6) is -0.965. The highest BCUT2D eigenvalue weighted by atomic mass is 28.4. The standard InChI is InChI=1S/C30H54O9Si2/c1-20(31)23(32)27(33)37-24-22(19-35-18-21-16-14-13-15-17-21)36-28(34-8)26(39-41(11,12)30(5,6)7)25(24)38-40(9,10)29(2,3)4/h13-17,20,22-26,28,31-32H,18-19H2,1-12H3/t20-,22+,23+,24+,25-,26+,28-/m0/s1. The molecule has 0 bridgehead atoms. The molecule has 1 aliphatic heterocycles. The molecular formula is C30H54O9Si2. The number of carbonyl (C=O) groups is 1. The smallest absolute Gasteiger partial charge is 0.338 e. The SMILES string of the molecule is CO[C@H]1O[C@H](COCc2ccccc2)[C@@H](OC(=O)[C@H](O)[C@H](C)O)[C@H](O[Si](C)(C)C(C)(C)C)[C@H]1O[Si](C)(C)C(C)(C)C. The fraction of sp³-hybridized carbons (Fsp3) is 0.767. The Hall–Kier alpha value is -1.16. The summed E-state index contributed by atoms with van der Waals surface area (Å²) >= 11 is 0. The van der Waals surface area contributed by atoms with Crippen molar-refractivity contribution in [3.05, 3.63) is 35.9 Å². The zero-order valence-electron chi connectivity index (χ0n) is 27.1. The number of ether oxygens (including phenoxy) is 4. The second kappa shape index (κ2) is 14.1. The molecule has 41 heavy (non-hydrogen) atoms. The maximum Gasteiger partial charge on any atom is 0.338 e. The molecule has 0 aromatic heterocycles. The summed E-state index contributed by atoms with van der Waals surface area (Å²) in [7, 11) is -3.32. The minimum Gasteiger partial charge on any atom is -0.455 e. The van der Waals surface area contributed by atoms with Crippen LogP contribution in [-0.2, 0) is 39.2 Å². The van der Waals surface area contributed by atoms with Crippen molar-refractivity contribution in [2.24, 2.45) is 0 Å². The Labute approximate surface area is 249 Å². The molecule has 11 heteroatoms. The van der Waals surface area contributed by atoms with E-state index in [0.717, 1.165) is 5.56 Å². The lowest BCUT2D eigenvalue weighted by molar-refractivity contribution is -0.294. The van der Waals surface area contributed by atoms with Gasteiger partial charge in [-0.2, -0.15) is 0 Å². The Morgan fingerprint density at radius 1 is 0.902 bits per heavy atom. The highest BCUT2D eigenvalue weighted by Gasteiger charge is 2.55. The Kier molecular flexibility index (Phi) is 12.4. The third-order valence-electron chi connectivity index (χ3n) is 8.64. The first-order valence-electron chi connectivity index (χ1n) is 14.4. The Morgan fingerprint density at radius 3 is 1.88 bits per heavy atom. The van der Waals surface area contributed by atoms with E-state index in [9.17, 15) is 15.0 Å². The summed E-state index contributed by atoms with van der Waals surface area (Å²) in [6.45, 7) is 23.1. The van der Waals surface area contributed by atoms with Gasteiger partial charge >= 0.3 is 5.97 Å². The summed E-state index contributed by atoms with van der Waals surface area (Å²) in [5, 5.41) is 20.0. The van der Waals surface area contributed by atoms with E-state index in [4.69, 9.17) is 27.8 Å². The van der Waals surface area contributed by atoms with Gasteiger partial charge in [-0.15, -0.1) is 0 Å². The largest absolute Gasteiger partial charge is 0.455 e. The third kappa shape index (κ3) is 9.41. The summed E-state index contributed by atoms with van der Waals surface area (Å²) in [6.07, 6.45) is -7.15. The van der Waals surface area contributed by atoms with Gasteiger partial charge in [0.1, 0.15) is 18.3 Å². The van der Waals surface area contributed by atoms with Crippen LogP contribution in [0.25, 0.3) is 0 Å². The van der Waals surface area contributed by atoms with Crippen molar-refractivity contribution in [2.75, 3.05) is 13.7 Å². The van der Waals surface area contributed by atoms with Crippen molar-refractivity contribution < 1.29 is 42.8 Å². The first kappa shape index (κ1) is 36.0. The van der Waals surface area contributed by atoms with E-state index in [-0.39, 0.29) is 16.7 Å². The van der Waals surface area contributed by atoms with Crippen LogP contribution in [0.2, 0.25) is 36.3 Å². The lowest BCUT2D eigenvalue weighted by atomic mass is 9.98. The molecule has 0 saturated carbocycles. The van der Waals surface area contributed by atoms with Crippen molar-refractivity contribution in [1.29, 1.82) is 0 Å². The summed E-state index contributed by atoms with van der Waals surface area (Å²) < 4.78 is 38.1. The van der Waals surface area contributed by atoms with E-state index < -0.39 is 65.5 Å². The van der Waals surface area contributed by atoms with E-state index in [0.29, 0.717) is 6.61 Å². The van der Waals surface area contributed by atoms with Crippen LogP contribution < -0.4 is 0 Å². The van der Waals surface area contributed by atoms with Crippen molar-refractivity contribution in [1.82, 2.24) is 0 Å². The average molecular weight is 615 g/mol. The molecule has 1 aliphatic rings. The topological polar surface area (TPSA) is 113 Å². The summed E-state index contributed by atoms with van der Waals surface area (Å²) in [6, 6.07) is 9.73. The minimum absolute atomic E-state index is 0.0711. The van der Waals surface area contributed by atoms with E-state index >= 15 is 0 Å². The van der Waals surface area contributed by atoms with Gasteiger partial charge in [0.25, 0.3) is 0 Å². The van der Waals surface area contributed by atoms with Gasteiger partial charge < -0.3 is 38.0 Å². The highest BCUT2D eigenvalue weighted by molar-refractivity contribution is 6.74. The molecule has 1 aromatic carbocycles. The van der Waals surface area contributed by atoms with Crippen LogP contribution in [0.1, 0.15) is 54.0 Å². The van der Waals surface area contributed by atoms with Crippen LogP contribution in [0, 0.1) is 0 Å². The molecule has 0 radical (unpaired) electrons. The number of hydrogen-bond acceptors (Lipinski definition) is 9. The Balaban J connectivity index is 2.56. The van der Waals surface area contributed by atoms with Crippen LogP contribution in [0.15, 0.2) is 30.3 Å². The number of hydrogen-bond donors (Lipinski definition) is 2. The molecule has 2 rings (SSSR count). The van der Waals surface area contributed by atoms with Crippen molar-refractivity contribution in [3.8, 4) is 0 Å². The van der Waals surface area contributed by atoms with Crippen LogP contribution in [-0.4, -0.2) is 89.4 Å². The molecule has 236 valence electrons. The van der Waals surface area contributed by atoms with Gasteiger partial charge in [-0.05, 0) is 48.8 Å². The lowest BCUT2D eigenvalue weighted by Crippen LogP contribution is -2.67. The first-order chi connectivity index (χ1) is 18.7. The molecule has 7 atom stereocenters. The van der Waals surface area contributed by atoms with Crippen molar-refractivity contribution in [3.63, 3.8) is 0 Å². The van der Waals surface area contributed by atoms with Crippen molar-refractivity contribution >= 4 is 22.6 Å². The van der Waals surface area contributed by atoms with Crippen LogP contribution in [0.5, 0.6) is 0 Å². The molecule has 9 nitrogen and oxygen atoms in total. The van der Waals surface area contributed by atoms with E-state index in [1.54, 1.807) is 7.11 Å². The zero-order valence-corrected chi connectivity index (χ0v) is 29.1. The van der Waals surface area contributed by atoms with Gasteiger partial charge in [0.05, 0.1) is 19.3 Å². The van der Waals surface area contributed by atoms with Gasteiger partial charge in [-0.3, -0.25) is 0 Å². The van der Waals surface area contributed by atoms with E-state index in [1.807, 2.05) is 30.3 Å². The second-order valence-electron chi connectivity index (χ2n) is 14.1. The van der Waals surface area contributed by atoms with E-state index in [2.05, 4.69) is 67.7 Å². The fourth-order valence-corrected chi connectivity index (χ4v) is 6.49. The van der Waals surface area contributed by atoms with Gasteiger partial charge in [-0.25, -0.2) is 4.79 Å². The molecule has 0 aliphatic carbocycles. The number of aliphatic hydroxyl groups is 2. The van der Waals surface area contributed by atoms with Gasteiger partial charge in [0.2, 0.25) is 0 Å². The molecule has 1 fully saturated rings.